The van der Waals surface area contributed by atoms with Crippen molar-refractivity contribution >= 4 is 23.0 Å². The Morgan fingerprint density at radius 1 is 1.19 bits per heavy atom. The van der Waals surface area contributed by atoms with Gasteiger partial charge in [0.2, 0.25) is 5.91 Å². The van der Waals surface area contributed by atoms with Crippen molar-refractivity contribution in [3.05, 3.63) is 54.1 Å². The number of hydrogen-bond acceptors (Lipinski definition) is 3. The molecular weight excluding hydrogens is 262 g/mol. The van der Waals surface area contributed by atoms with Gasteiger partial charge in [-0.2, -0.15) is 0 Å². The van der Waals surface area contributed by atoms with Crippen molar-refractivity contribution in [2.75, 3.05) is 29.0 Å². The number of amides is 1. The van der Waals surface area contributed by atoms with Crippen LogP contribution in [-0.4, -0.2) is 19.0 Å². The van der Waals surface area contributed by atoms with Gasteiger partial charge in [-0.05, 0) is 42.7 Å². The first-order valence-corrected chi connectivity index (χ1v) is 7.20. The van der Waals surface area contributed by atoms with E-state index in [9.17, 15) is 4.79 Å². The van der Waals surface area contributed by atoms with E-state index in [1.807, 2.05) is 42.5 Å². The smallest absolute Gasteiger partial charge is 0.243 e. The number of para-hydroxylation sites is 1. The van der Waals surface area contributed by atoms with Gasteiger partial charge in [-0.15, -0.1) is 0 Å². The predicted octanol–water partition coefficient (Wildman–Crippen LogP) is 2.66. The molecule has 0 bridgehead atoms. The fourth-order valence-corrected chi connectivity index (χ4v) is 2.73. The highest BCUT2D eigenvalue weighted by atomic mass is 16.2. The molecule has 108 valence electrons. The van der Waals surface area contributed by atoms with Crippen LogP contribution in [-0.2, 0) is 11.2 Å². The van der Waals surface area contributed by atoms with E-state index in [1.165, 1.54) is 5.56 Å². The van der Waals surface area contributed by atoms with Crippen molar-refractivity contribution in [3.8, 4) is 0 Å². The minimum Gasteiger partial charge on any atom is -0.399 e. The van der Waals surface area contributed by atoms with E-state index >= 15 is 0 Å². The summed E-state index contributed by atoms with van der Waals surface area (Å²) in [6, 6.07) is 15.5. The summed E-state index contributed by atoms with van der Waals surface area (Å²) in [6.07, 6.45) is 2.11. The van der Waals surface area contributed by atoms with Crippen LogP contribution in [0.1, 0.15) is 12.0 Å². The van der Waals surface area contributed by atoms with Crippen LogP contribution in [0.5, 0.6) is 0 Å². The SMILES string of the molecule is Nc1ccc2c(c1)N(CC(=O)Nc1ccccc1)CCC2. The minimum absolute atomic E-state index is 0.00326. The van der Waals surface area contributed by atoms with E-state index in [4.69, 9.17) is 5.73 Å². The van der Waals surface area contributed by atoms with E-state index < -0.39 is 0 Å². The maximum Gasteiger partial charge on any atom is 0.243 e. The minimum atomic E-state index is -0.00326. The lowest BCUT2D eigenvalue weighted by atomic mass is 10.0. The summed E-state index contributed by atoms with van der Waals surface area (Å²) >= 11 is 0. The van der Waals surface area contributed by atoms with Crippen LogP contribution in [0.25, 0.3) is 0 Å². The average Bonchev–Trinajstić information content (AvgIpc) is 2.49. The zero-order valence-electron chi connectivity index (χ0n) is 11.9. The van der Waals surface area contributed by atoms with E-state index in [-0.39, 0.29) is 5.91 Å². The number of anilines is 3. The summed E-state index contributed by atoms with van der Waals surface area (Å²) < 4.78 is 0. The third kappa shape index (κ3) is 3.16. The van der Waals surface area contributed by atoms with Crippen LogP contribution in [0.4, 0.5) is 17.1 Å². The van der Waals surface area contributed by atoms with Gasteiger partial charge in [-0.25, -0.2) is 0 Å². The molecule has 1 amide bonds. The van der Waals surface area contributed by atoms with Gasteiger partial charge < -0.3 is 16.0 Å². The Balaban J connectivity index is 1.71. The topological polar surface area (TPSA) is 58.4 Å². The van der Waals surface area contributed by atoms with Gasteiger partial charge in [0.15, 0.2) is 0 Å². The summed E-state index contributed by atoms with van der Waals surface area (Å²) in [4.78, 5) is 14.3. The molecule has 3 N–H and O–H groups in total. The Bertz CT molecular complexity index is 640. The fraction of sp³-hybridized carbons (Fsp3) is 0.235. The molecule has 4 heteroatoms. The highest BCUT2D eigenvalue weighted by Gasteiger charge is 2.19. The zero-order chi connectivity index (χ0) is 14.7. The average molecular weight is 281 g/mol. The van der Waals surface area contributed by atoms with Gasteiger partial charge >= 0.3 is 0 Å². The lowest BCUT2D eigenvalue weighted by Crippen LogP contribution is -2.36. The van der Waals surface area contributed by atoms with Gasteiger partial charge in [0.1, 0.15) is 0 Å². The zero-order valence-corrected chi connectivity index (χ0v) is 11.9. The number of fused-ring (bicyclic) bond motifs is 1. The van der Waals surface area contributed by atoms with Crippen molar-refractivity contribution < 1.29 is 4.79 Å². The van der Waals surface area contributed by atoms with Crippen LogP contribution in [0.3, 0.4) is 0 Å². The molecule has 1 aliphatic heterocycles. The lowest BCUT2D eigenvalue weighted by Gasteiger charge is -2.31. The monoisotopic (exact) mass is 281 g/mol. The van der Waals surface area contributed by atoms with Crippen LogP contribution >= 0.6 is 0 Å². The fourth-order valence-electron chi connectivity index (χ4n) is 2.73. The Kier molecular flexibility index (Phi) is 3.77. The molecule has 3 rings (SSSR count). The quantitative estimate of drug-likeness (QED) is 0.850. The molecule has 0 saturated carbocycles. The van der Waals surface area contributed by atoms with Crippen LogP contribution in [0.15, 0.2) is 48.5 Å². The number of nitrogens with two attached hydrogens (primary N) is 1. The largest absolute Gasteiger partial charge is 0.399 e. The van der Waals surface area contributed by atoms with Gasteiger partial charge in [-0.3, -0.25) is 4.79 Å². The highest BCUT2D eigenvalue weighted by Crippen LogP contribution is 2.28. The summed E-state index contributed by atoms with van der Waals surface area (Å²) in [5.41, 5.74) is 9.79. The van der Waals surface area contributed by atoms with E-state index in [0.29, 0.717) is 6.54 Å². The Morgan fingerprint density at radius 3 is 2.81 bits per heavy atom. The van der Waals surface area contributed by atoms with Gasteiger partial charge in [0, 0.05) is 23.6 Å². The molecule has 2 aromatic rings. The molecule has 21 heavy (non-hydrogen) atoms. The molecule has 0 atom stereocenters. The molecule has 0 aromatic heterocycles. The van der Waals surface area contributed by atoms with Crippen LogP contribution < -0.4 is 16.0 Å². The highest BCUT2D eigenvalue weighted by molar-refractivity contribution is 5.94. The molecule has 0 saturated heterocycles. The third-order valence-electron chi connectivity index (χ3n) is 3.72. The van der Waals surface area contributed by atoms with E-state index in [1.54, 1.807) is 0 Å². The standard InChI is InChI=1S/C17H19N3O/c18-14-9-8-13-5-4-10-20(16(13)11-14)12-17(21)19-15-6-2-1-3-7-15/h1-3,6-9,11H,4-5,10,12,18H2,(H,19,21). The molecule has 1 aliphatic rings. The van der Waals surface area contributed by atoms with Gasteiger partial charge in [-0.1, -0.05) is 24.3 Å². The maximum atomic E-state index is 12.2. The number of carbonyl (C=O) groups excluding carboxylic acids is 1. The molecule has 0 aliphatic carbocycles. The summed E-state index contributed by atoms with van der Waals surface area (Å²) in [5.74, 6) is -0.00326. The van der Waals surface area contributed by atoms with E-state index in [0.717, 1.165) is 36.4 Å². The second-order valence-corrected chi connectivity index (χ2v) is 5.33. The van der Waals surface area contributed by atoms with Crippen molar-refractivity contribution in [3.63, 3.8) is 0 Å². The van der Waals surface area contributed by atoms with Crippen molar-refractivity contribution in [2.24, 2.45) is 0 Å². The van der Waals surface area contributed by atoms with Crippen molar-refractivity contribution in [1.29, 1.82) is 0 Å². The number of nitrogen functional groups attached to an aromatic ring is 1. The number of rotatable bonds is 3. The normalized spacial score (nSPS) is 13.6. The Hall–Kier alpha value is -2.49. The number of benzene rings is 2. The number of carbonyl (C=O) groups is 1. The Labute approximate surface area is 124 Å². The lowest BCUT2D eigenvalue weighted by molar-refractivity contribution is -0.115. The number of hydrogen-bond donors (Lipinski definition) is 2. The summed E-state index contributed by atoms with van der Waals surface area (Å²) in [6.45, 7) is 1.24. The molecule has 1 heterocycles. The third-order valence-corrected chi connectivity index (χ3v) is 3.72. The molecule has 0 radical (unpaired) electrons. The Morgan fingerprint density at radius 2 is 2.00 bits per heavy atom. The number of nitrogens with one attached hydrogen (secondary N) is 1. The van der Waals surface area contributed by atoms with E-state index in [2.05, 4.69) is 16.3 Å². The number of nitrogens with zero attached hydrogens (tertiary/aromatic N) is 1. The van der Waals surface area contributed by atoms with Crippen molar-refractivity contribution in [1.82, 2.24) is 0 Å². The number of aryl methyl sites for hydroxylation is 1. The van der Waals surface area contributed by atoms with Crippen molar-refractivity contribution in [2.45, 2.75) is 12.8 Å². The summed E-state index contributed by atoms with van der Waals surface area (Å²) in [5, 5.41) is 2.92. The predicted molar refractivity (Wildman–Crippen MR) is 86.5 cm³/mol. The maximum absolute atomic E-state index is 12.2. The van der Waals surface area contributed by atoms with Gasteiger partial charge in [0.05, 0.1) is 6.54 Å². The van der Waals surface area contributed by atoms with Gasteiger partial charge in [0.25, 0.3) is 0 Å². The molecule has 0 fully saturated rings. The molecule has 2 aromatic carbocycles. The molecule has 0 unspecified atom stereocenters. The van der Waals surface area contributed by atoms with Crippen LogP contribution in [0.2, 0.25) is 0 Å². The van der Waals surface area contributed by atoms with Crippen LogP contribution in [0, 0.1) is 0 Å². The summed E-state index contributed by atoms with van der Waals surface area (Å²) in [7, 11) is 0. The molecular formula is C17H19N3O. The second-order valence-electron chi connectivity index (χ2n) is 5.33. The first-order valence-electron chi connectivity index (χ1n) is 7.20. The second kappa shape index (κ2) is 5.87. The molecule has 4 nitrogen and oxygen atoms in total. The molecule has 0 spiro atoms. The first kappa shape index (κ1) is 13.5. The first-order chi connectivity index (χ1) is 10.2.